The number of fused-ring (bicyclic) bond motifs is 1. The van der Waals surface area contributed by atoms with Crippen molar-refractivity contribution in [2.45, 2.75) is 27.0 Å². The normalized spacial score (nSPS) is 11.1. The summed E-state index contributed by atoms with van der Waals surface area (Å²) in [5.41, 5.74) is 5.43. The molecule has 34 heavy (non-hydrogen) atoms. The third kappa shape index (κ3) is 4.32. The lowest BCUT2D eigenvalue weighted by Crippen LogP contribution is -2.03. The summed E-state index contributed by atoms with van der Waals surface area (Å²) >= 11 is 5.96. The van der Waals surface area contributed by atoms with Crippen molar-refractivity contribution >= 4 is 28.3 Å². The predicted octanol–water partition coefficient (Wildman–Crippen LogP) is 6.01. The summed E-state index contributed by atoms with van der Waals surface area (Å²) in [4.78, 5) is 12.5. The van der Waals surface area contributed by atoms with Crippen molar-refractivity contribution in [2.75, 3.05) is 0 Å². The minimum atomic E-state index is 0.0392. The summed E-state index contributed by atoms with van der Waals surface area (Å²) in [6.45, 7) is 4.56. The summed E-state index contributed by atoms with van der Waals surface area (Å²) in [5.74, 6) is 0.713. The fourth-order valence-electron chi connectivity index (χ4n) is 4.21. The van der Waals surface area contributed by atoms with Gasteiger partial charge >= 0.3 is 0 Å². The zero-order valence-electron chi connectivity index (χ0n) is 18.9. The van der Waals surface area contributed by atoms with E-state index in [4.69, 9.17) is 16.3 Å². The number of ketones is 1. The van der Waals surface area contributed by atoms with E-state index in [9.17, 15) is 4.79 Å². The molecule has 2 heterocycles. The number of Topliss-reactive ketones (excluding diaryl/α,β-unsaturated/α-hetero) is 1. The number of halogens is 1. The van der Waals surface area contributed by atoms with E-state index < -0.39 is 0 Å². The molecule has 3 aromatic carbocycles. The molecule has 6 nitrogen and oxygen atoms in total. The molecular weight excluding hydrogens is 448 g/mol. The van der Waals surface area contributed by atoms with Crippen LogP contribution in [0.1, 0.15) is 34.2 Å². The minimum absolute atomic E-state index is 0.0392. The Balaban J connectivity index is 1.40. The fraction of sp³-hybridized carbons (Fsp3) is 0.148. The molecule has 0 radical (unpaired) electrons. The number of rotatable bonds is 7. The van der Waals surface area contributed by atoms with Crippen LogP contribution in [0.15, 0.2) is 79.0 Å². The first-order chi connectivity index (χ1) is 16.5. The molecule has 0 aliphatic rings. The van der Waals surface area contributed by atoms with Gasteiger partial charge in [-0.05, 0) is 61.9 Å². The molecule has 2 aromatic heterocycles. The lowest BCUT2D eigenvalue weighted by molar-refractivity contribution is 0.101. The van der Waals surface area contributed by atoms with Crippen LogP contribution >= 0.6 is 11.6 Å². The largest absolute Gasteiger partial charge is 0.487 e. The van der Waals surface area contributed by atoms with Crippen molar-refractivity contribution in [3.63, 3.8) is 0 Å². The van der Waals surface area contributed by atoms with Crippen molar-refractivity contribution in [3.8, 4) is 11.4 Å². The molecule has 0 spiro atoms. The second kappa shape index (κ2) is 9.15. The molecule has 0 aliphatic heterocycles. The zero-order valence-corrected chi connectivity index (χ0v) is 19.7. The topological polar surface area (TPSA) is 61.9 Å². The Hall–Kier alpha value is -3.90. The number of hydrogen-bond acceptors (Lipinski definition) is 4. The van der Waals surface area contributed by atoms with Gasteiger partial charge in [-0.2, -0.15) is 0 Å². The van der Waals surface area contributed by atoms with Crippen molar-refractivity contribution in [2.24, 2.45) is 0 Å². The van der Waals surface area contributed by atoms with E-state index in [2.05, 4.69) is 27.0 Å². The number of aromatic nitrogens is 4. The van der Waals surface area contributed by atoms with Gasteiger partial charge in [0.1, 0.15) is 18.1 Å². The van der Waals surface area contributed by atoms with Crippen molar-refractivity contribution in [3.05, 3.63) is 107 Å². The Morgan fingerprint density at radius 3 is 2.53 bits per heavy atom. The number of benzene rings is 3. The highest BCUT2D eigenvalue weighted by molar-refractivity contribution is 6.30. The standard InChI is InChI=1S/C27H23ClN4O2/c1-18-27(19(2)33)25-14-24(12-13-26(25)31(18)15-20-6-4-3-5-7-20)34-17-22-16-32(30-29-22)23-10-8-21(28)9-11-23/h3-14,16H,15,17H2,1-2H3. The first-order valence-corrected chi connectivity index (χ1v) is 11.3. The molecule has 0 unspecified atom stereocenters. The number of hydrogen-bond donors (Lipinski definition) is 0. The van der Waals surface area contributed by atoms with Gasteiger partial charge in [0.2, 0.25) is 0 Å². The van der Waals surface area contributed by atoms with Crippen LogP contribution in [-0.2, 0) is 13.2 Å². The quantitative estimate of drug-likeness (QED) is 0.273. The van der Waals surface area contributed by atoms with E-state index >= 15 is 0 Å². The van der Waals surface area contributed by atoms with Gasteiger partial charge in [-0.15, -0.1) is 5.10 Å². The summed E-state index contributed by atoms with van der Waals surface area (Å²) in [6, 6.07) is 23.5. The molecule has 0 amide bonds. The molecule has 5 aromatic rings. The van der Waals surface area contributed by atoms with E-state index in [1.807, 2.05) is 73.8 Å². The van der Waals surface area contributed by atoms with Crippen LogP contribution in [0.25, 0.3) is 16.6 Å². The Labute approximate surface area is 202 Å². The molecule has 0 bridgehead atoms. The van der Waals surface area contributed by atoms with Gasteiger partial charge in [0.25, 0.3) is 0 Å². The lowest BCUT2D eigenvalue weighted by atomic mass is 10.1. The molecule has 0 fully saturated rings. The first kappa shape index (κ1) is 21.9. The maximum atomic E-state index is 12.5. The minimum Gasteiger partial charge on any atom is -0.487 e. The number of carbonyl (C=O) groups excluding carboxylic acids is 1. The summed E-state index contributed by atoms with van der Waals surface area (Å²) in [5, 5.41) is 9.93. The average molecular weight is 471 g/mol. The average Bonchev–Trinajstić information content (AvgIpc) is 3.41. The van der Waals surface area contributed by atoms with E-state index in [0.717, 1.165) is 27.8 Å². The van der Waals surface area contributed by atoms with Crippen LogP contribution in [0.3, 0.4) is 0 Å². The van der Waals surface area contributed by atoms with Crippen LogP contribution in [-0.4, -0.2) is 25.3 Å². The summed E-state index contributed by atoms with van der Waals surface area (Å²) in [7, 11) is 0. The van der Waals surface area contributed by atoms with E-state index in [0.29, 0.717) is 23.0 Å². The molecule has 0 saturated heterocycles. The second-order valence-electron chi connectivity index (χ2n) is 8.19. The number of carbonyl (C=O) groups is 1. The Bertz CT molecular complexity index is 1470. The molecule has 5 rings (SSSR count). The van der Waals surface area contributed by atoms with Crippen LogP contribution < -0.4 is 4.74 Å². The highest BCUT2D eigenvalue weighted by Crippen LogP contribution is 2.31. The Morgan fingerprint density at radius 1 is 1.03 bits per heavy atom. The lowest BCUT2D eigenvalue weighted by Gasteiger charge is -2.09. The summed E-state index contributed by atoms with van der Waals surface area (Å²) in [6.07, 6.45) is 1.82. The highest BCUT2D eigenvalue weighted by atomic mass is 35.5. The zero-order chi connectivity index (χ0) is 23.7. The highest BCUT2D eigenvalue weighted by Gasteiger charge is 2.18. The smallest absolute Gasteiger partial charge is 0.162 e. The molecule has 170 valence electrons. The van der Waals surface area contributed by atoms with Crippen LogP contribution in [0.5, 0.6) is 5.75 Å². The van der Waals surface area contributed by atoms with Gasteiger partial charge in [0.05, 0.1) is 11.9 Å². The second-order valence-corrected chi connectivity index (χ2v) is 8.62. The Kier molecular flexibility index (Phi) is 5.90. The molecule has 0 atom stereocenters. The van der Waals surface area contributed by atoms with Crippen LogP contribution in [0.4, 0.5) is 0 Å². The predicted molar refractivity (Wildman–Crippen MR) is 133 cm³/mol. The Morgan fingerprint density at radius 2 is 1.79 bits per heavy atom. The SMILES string of the molecule is CC(=O)c1c(C)n(Cc2ccccc2)c2ccc(OCc3cn(-c4ccc(Cl)cc4)nn3)cc12. The van der Waals surface area contributed by atoms with E-state index in [1.54, 1.807) is 11.6 Å². The maximum absolute atomic E-state index is 12.5. The third-order valence-electron chi connectivity index (χ3n) is 5.85. The molecule has 0 saturated carbocycles. The molecule has 0 N–H and O–H groups in total. The van der Waals surface area contributed by atoms with Gasteiger partial charge in [-0.3, -0.25) is 4.79 Å². The fourth-order valence-corrected chi connectivity index (χ4v) is 4.33. The van der Waals surface area contributed by atoms with Crippen molar-refractivity contribution in [1.82, 2.24) is 19.6 Å². The van der Waals surface area contributed by atoms with E-state index in [1.165, 1.54) is 5.56 Å². The van der Waals surface area contributed by atoms with E-state index in [-0.39, 0.29) is 12.4 Å². The van der Waals surface area contributed by atoms with Gasteiger partial charge in [-0.25, -0.2) is 4.68 Å². The maximum Gasteiger partial charge on any atom is 0.162 e. The van der Waals surface area contributed by atoms with Gasteiger partial charge < -0.3 is 9.30 Å². The van der Waals surface area contributed by atoms with Crippen molar-refractivity contribution in [1.29, 1.82) is 0 Å². The molecule has 7 heteroatoms. The van der Waals surface area contributed by atoms with Crippen molar-refractivity contribution < 1.29 is 9.53 Å². The monoisotopic (exact) mass is 470 g/mol. The van der Waals surface area contributed by atoms with Gasteiger partial charge in [-0.1, -0.05) is 47.1 Å². The van der Waals surface area contributed by atoms with Gasteiger partial charge in [0, 0.05) is 33.7 Å². The number of nitrogens with zero attached hydrogens (tertiary/aromatic N) is 4. The van der Waals surface area contributed by atoms with Crippen LogP contribution in [0, 0.1) is 6.92 Å². The molecular formula is C27H23ClN4O2. The van der Waals surface area contributed by atoms with Gasteiger partial charge in [0.15, 0.2) is 5.78 Å². The summed E-state index contributed by atoms with van der Waals surface area (Å²) < 4.78 is 9.88. The first-order valence-electron chi connectivity index (χ1n) is 11.0. The molecule has 0 aliphatic carbocycles. The third-order valence-corrected chi connectivity index (χ3v) is 6.10. The van der Waals surface area contributed by atoms with Crippen LogP contribution in [0.2, 0.25) is 5.02 Å². The number of ether oxygens (including phenoxy) is 1.